The minimum Gasteiger partial charge on any atom is -0.332 e. The number of aromatic nitrogens is 1. The summed E-state index contributed by atoms with van der Waals surface area (Å²) >= 11 is 1.43. The zero-order chi connectivity index (χ0) is 20.5. The molecule has 5 rings (SSSR count). The molecule has 1 aliphatic rings. The fourth-order valence-electron chi connectivity index (χ4n) is 4.07. The van der Waals surface area contributed by atoms with Crippen LogP contribution >= 0.6 is 11.3 Å². The summed E-state index contributed by atoms with van der Waals surface area (Å²) < 4.78 is 14.2. The largest absolute Gasteiger partial charge is 0.332 e. The van der Waals surface area contributed by atoms with Crippen LogP contribution in [0.2, 0.25) is 0 Å². The SMILES string of the molecule is O=C(c1ccc(-c2ccc(Nc3nc4ccc(F)cc4s3)cc2)cc1)C1CCCC1. The van der Waals surface area contributed by atoms with E-state index in [0.29, 0.717) is 0 Å². The number of nitrogens with zero attached hydrogens (tertiary/aromatic N) is 1. The lowest BCUT2D eigenvalue weighted by atomic mass is 9.94. The zero-order valence-electron chi connectivity index (χ0n) is 16.4. The highest BCUT2D eigenvalue weighted by Gasteiger charge is 2.23. The normalized spacial score (nSPS) is 14.3. The second-order valence-electron chi connectivity index (χ2n) is 7.76. The number of fused-ring (bicyclic) bond motifs is 1. The van der Waals surface area contributed by atoms with Gasteiger partial charge in [0.15, 0.2) is 10.9 Å². The highest BCUT2D eigenvalue weighted by atomic mass is 32.1. The molecule has 0 amide bonds. The molecule has 3 aromatic carbocycles. The maximum Gasteiger partial charge on any atom is 0.188 e. The second kappa shape index (κ2) is 8.00. The van der Waals surface area contributed by atoms with Gasteiger partial charge in [-0.25, -0.2) is 9.37 Å². The van der Waals surface area contributed by atoms with Crippen LogP contribution in [0.3, 0.4) is 0 Å². The molecule has 0 unspecified atom stereocenters. The molecule has 30 heavy (non-hydrogen) atoms. The van der Waals surface area contributed by atoms with Crippen LogP contribution in [0.25, 0.3) is 21.3 Å². The van der Waals surface area contributed by atoms with Gasteiger partial charge in [0.05, 0.1) is 10.2 Å². The summed E-state index contributed by atoms with van der Waals surface area (Å²) in [5.41, 5.74) is 4.70. The number of thiazole rings is 1. The average molecular weight is 417 g/mol. The summed E-state index contributed by atoms with van der Waals surface area (Å²) in [4.78, 5) is 17.1. The number of hydrogen-bond acceptors (Lipinski definition) is 4. The van der Waals surface area contributed by atoms with Crippen LogP contribution in [0.4, 0.5) is 15.2 Å². The van der Waals surface area contributed by atoms with Gasteiger partial charge in [0, 0.05) is 17.2 Å². The van der Waals surface area contributed by atoms with E-state index in [0.717, 1.165) is 50.6 Å². The lowest BCUT2D eigenvalue weighted by Crippen LogP contribution is -2.10. The Balaban J connectivity index is 1.29. The molecular formula is C25H21FN2OS. The zero-order valence-corrected chi connectivity index (χ0v) is 17.2. The first-order chi connectivity index (χ1) is 14.7. The predicted molar refractivity (Wildman–Crippen MR) is 121 cm³/mol. The molecule has 1 saturated carbocycles. The number of carbonyl (C=O) groups excluding carboxylic acids is 1. The van der Waals surface area contributed by atoms with Gasteiger partial charge in [-0.15, -0.1) is 0 Å². The van der Waals surface area contributed by atoms with Crippen molar-refractivity contribution in [3.63, 3.8) is 0 Å². The summed E-state index contributed by atoms with van der Waals surface area (Å²) in [6.45, 7) is 0. The Morgan fingerprint density at radius 3 is 2.30 bits per heavy atom. The first-order valence-electron chi connectivity index (χ1n) is 10.2. The molecule has 1 aliphatic carbocycles. The van der Waals surface area contributed by atoms with Crippen LogP contribution < -0.4 is 5.32 Å². The van der Waals surface area contributed by atoms with E-state index < -0.39 is 0 Å². The minimum atomic E-state index is -0.252. The Labute approximate surface area is 178 Å². The molecule has 0 bridgehead atoms. The third-order valence-electron chi connectivity index (χ3n) is 5.72. The third-order valence-corrected chi connectivity index (χ3v) is 6.65. The van der Waals surface area contributed by atoms with E-state index in [2.05, 4.69) is 10.3 Å². The van der Waals surface area contributed by atoms with Gasteiger partial charge in [-0.3, -0.25) is 4.79 Å². The van der Waals surface area contributed by atoms with E-state index in [1.165, 1.54) is 36.3 Å². The fraction of sp³-hybridized carbons (Fsp3) is 0.200. The molecule has 5 heteroatoms. The maximum absolute atomic E-state index is 13.4. The molecule has 0 atom stereocenters. The summed E-state index contributed by atoms with van der Waals surface area (Å²) in [5, 5.41) is 4.02. The number of benzene rings is 3. The van der Waals surface area contributed by atoms with Crippen molar-refractivity contribution in [2.75, 3.05) is 5.32 Å². The fourth-order valence-corrected chi connectivity index (χ4v) is 4.98. The van der Waals surface area contributed by atoms with Gasteiger partial charge in [0.1, 0.15) is 5.82 Å². The van der Waals surface area contributed by atoms with Gasteiger partial charge in [-0.2, -0.15) is 0 Å². The molecule has 1 N–H and O–H groups in total. The lowest BCUT2D eigenvalue weighted by Gasteiger charge is -2.09. The van der Waals surface area contributed by atoms with Crippen LogP contribution in [0.15, 0.2) is 66.7 Å². The van der Waals surface area contributed by atoms with Crippen LogP contribution in [0.5, 0.6) is 0 Å². The average Bonchev–Trinajstić information content (AvgIpc) is 3.43. The molecule has 150 valence electrons. The number of anilines is 2. The van der Waals surface area contributed by atoms with Crippen LogP contribution in [0, 0.1) is 11.7 Å². The number of ketones is 1. The van der Waals surface area contributed by atoms with Crippen molar-refractivity contribution in [2.45, 2.75) is 25.7 Å². The second-order valence-corrected chi connectivity index (χ2v) is 8.79. The summed E-state index contributed by atoms with van der Waals surface area (Å²) in [7, 11) is 0. The Hall–Kier alpha value is -3.05. The van der Waals surface area contributed by atoms with E-state index in [4.69, 9.17) is 0 Å². The van der Waals surface area contributed by atoms with Crippen molar-refractivity contribution < 1.29 is 9.18 Å². The number of nitrogens with one attached hydrogen (secondary N) is 1. The lowest BCUT2D eigenvalue weighted by molar-refractivity contribution is 0.0923. The molecule has 0 spiro atoms. The highest BCUT2D eigenvalue weighted by molar-refractivity contribution is 7.22. The van der Waals surface area contributed by atoms with E-state index in [9.17, 15) is 9.18 Å². The van der Waals surface area contributed by atoms with Crippen LogP contribution in [0.1, 0.15) is 36.0 Å². The highest BCUT2D eigenvalue weighted by Crippen LogP contribution is 2.31. The number of halogens is 1. The van der Waals surface area contributed by atoms with Crippen molar-refractivity contribution in [1.29, 1.82) is 0 Å². The molecule has 1 aromatic heterocycles. The number of Topliss-reactive ketones (excluding diaryl/α,β-unsaturated/α-hetero) is 1. The molecule has 4 aromatic rings. The van der Waals surface area contributed by atoms with E-state index in [1.54, 1.807) is 6.07 Å². The molecule has 3 nitrogen and oxygen atoms in total. The van der Waals surface area contributed by atoms with Crippen molar-refractivity contribution in [2.24, 2.45) is 5.92 Å². The van der Waals surface area contributed by atoms with E-state index in [-0.39, 0.29) is 17.5 Å². The minimum absolute atomic E-state index is 0.209. The molecule has 0 saturated heterocycles. The van der Waals surface area contributed by atoms with Gasteiger partial charge >= 0.3 is 0 Å². The van der Waals surface area contributed by atoms with Gasteiger partial charge in [-0.1, -0.05) is 60.6 Å². The predicted octanol–water partition coefficient (Wildman–Crippen LogP) is 7.22. The Kier molecular flexibility index (Phi) is 5.05. The van der Waals surface area contributed by atoms with Gasteiger partial charge < -0.3 is 5.32 Å². The molecular weight excluding hydrogens is 395 g/mol. The van der Waals surface area contributed by atoms with Crippen LogP contribution in [-0.4, -0.2) is 10.8 Å². The standard InChI is InChI=1S/C25H21FN2OS/c26-20-11-14-22-23(15-20)30-25(28-22)27-21-12-9-17(10-13-21)16-5-7-19(8-6-16)24(29)18-3-1-2-4-18/h5-15,18H,1-4H2,(H,27,28). The van der Waals surface area contributed by atoms with Gasteiger partial charge in [0.25, 0.3) is 0 Å². The van der Waals surface area contributed by atoms with E-state index >= 15 is 0 Å². The topological polar surface area (TPSA) is 42.0 Å². The Bertz CT molecular complexity index is 1190. The molecule has 1 heterocycles. The third kappa shape index (κ3) is 3.85. The van der Waals surface area contributed by atoms with Crippen molar-refractivity contribution >= 4 is 38.2 Å². The number of carbonyl (C=O) groups is 1. The van der Waals surface area contributed by atoms with Crippen molar-refractivity contribution in [3.8, 4) is 11.1 Å². The quantitative estimate of drug-likeness (QED) is 0.349. The molecule has 0 radical (unpaired) electrons. The first-order valence-corrected chi connectivity index (χ1v) is 11.1. The van der Waals surface area contributed by atoms with Gasteiger partial charge in [0.2, 0.25) is 0 Å². The smallest absolute Gasteiger partial charge is 0.188 e. The summed E-state index contributed by atoms with van der Waals surface area (Å²) in [6.07, 6.45) is 4.39. The number of hydrogen-bond donors (Lipinski definition) is 1. The molecule has 0 aliphatic heterocycles. The summed E-state index contributed by atoms with van der Waals surface area (Å²) in [5.74, 6) is 0.243. The van der Waals surface area contributed by atoms with Crippen molar-refractivity contribution in [1.82, 2.24) is 4.98 Å². The summed E-state index contributed by atoms with van der Waals surface area (Å²) in [6, 6.07) is 20.6. The number of rotatable bonds is 5. The Morgan fingerprint density at radius 1 is 0.933 bits per heavy atom. The van der Waals surface area contributed by atoms with Crippen molar-refractivity contribution in [3.05, 3.63) is 78.1 Å². The monoisotopic (exact) mass is 416 g/mol. The maximum atomic E-state index is 13.4. The van der Waals surface area contributed by atoms with Gasteiger partial charge in [-0.05, 0) is 54.3 Å². The van der Waals surface area contributed by atoms with Crippen LogP contribution in [-0.2, 0) is 0 Å². The Morgan fingerprint density at radius 2 is 1.60 bits per heavy atom. The molecule has 1 fully saturated rings. The van der Waals surface area contributed by atoms with E-state index in [1.807, 2.05) is 48.5 Å². The first kappa shape index (κ1) is 18.9.